The summed E-state index contributed by atoms with van der Waals surface area (Å²) in [5, 5.41) is 3.44. The van der Waals surface area contributed by atoms with Crippen molar-refractivity contribution in [2.45, 2.75) is 52.8 Å². The van der Waals surface area contributed by atoms with Crippen LogP contribution in [0.15, 0.2) is 10.5 Å². The number of ether oxygens (including phenoxy) is 1. The zero-order chi connectivity index (χ0) is 15.2. The Morgan fingerprint density at radius 1 is 1.30 bits per heavy atom. The third-order valence-corrected chi connectivity index (χ3v) is 2.99. The van der Waals surface area contributed by atoms with Crippen molar-refractivity contribution in [3.05, 3.63) is 23.2 Å². The topological polar surface area (TPSA) is 37.6 Å². The van der Waals surface area contributed by atoms with Crippen molar-refractivity contribution >= 4 is 0 Å². The van der Waals surface area contributed by atoms with E-state index in [0.717, 1.165) is 37.6 Å². The Hall–Kier alpha value is -0.840. The van der Waals surface area contributed by atoms with Crippen LogP contribution in [0.25, 0.3) is 0 Å². The number of furan rings is 1. The minimum absolute atomic E-state index is 0.0993. The lowest BCUT2D eigenvalue weighted by Gasteiger charge is -2.19. The summed E-state index contributed by atoms with van der Waals surface area (Å²) < 4.78 is 11.5. The van der Waals surface area contributed by atoms with Gasteiger partial charge in [0.1, 0.15) is 18.1 Å². The molecule has 0 aliphatic carbocycles. The van der Waals surface area contributed by atoms with Gasteiger partial charge >= 0.3 is 0 Å². The predicted molar refractivity (Wildman–Crippen MR) is 82.9 cm³/mol. The van der Waals surface area contributed by atoms with E-state index < -0.39 is 0 Å². The van der Waals surface area contributed by atoms with Crippen molar-refractivity contribution in [3.8, 4) is 0 Å². The molecule has 0 spiro atoms. The Bertz CT molecular complexity index is 392. The summed E-state index contributed by atoms with van der Waals surface area (Å²) in [6.45, 7) is 11.7. The third kappa shape index (κ3) is 7.08. The Balaban J connectivity index is 2.33. The van der Waals surface area contributed by atoms with Gasteiger partial charge in [-0.3, -0.25) is 0 Å². The van der Waals surface area contributed by atoms with Gasteiger partial charge in [-0.25, -0.2) is 0 Å². The number of aryl methyl sites for hydroxylation is 1. The quantitative estimate of drug-likeness (QED) is 0.744. The van der Waals surface area contributed by atoms with Gasteiger partial charge in [-0.1, -0.05) is 0 Å². The summed E-state index contributed by atoms with van der Waals surface area (Å²) in [5.41, 5.74) is 1.29. The highest BCUT2D eigenvalue weighted by Crippen LogP contribution is 2.16. The summed E-state index contributed by atoms with van der Waals surface area (Å²) >= 11 is 0. The summed E-state index contributed by atoms with van der Waals surface area (Å²) in [6.07, 6.45) is 1.05. The molecule has 0 saturated carbocycles. The first-order chi connectivity index (χ1) is 9.28. The molecule has 0 amide bonds. The zero-order valence-electron chi connectivity index (χ0n) is 13.9. The largest absolute Gasteiger partial charge is 0.462 e. The molecule has 1 rings (SSSR count). The van der Waals surface area contributed by atoms with Crippen LogP contribution in [0.1, 0.15) is 44.3 Å². The molecular weight excluding hydrogens is 252 g/mol. The maximum absolute atomic E-state index is 5.84. The number of rotatable bonds is 8. The van der Waals surface area contributed by atoms with Crippen LogP contribution in [0.5, 0.6) is 0 Å². The number of nitrogens with zero attached hydrogens (tertiary/aromatic N) is 1. The highest BCUT2D eigenvalue weighted by molar-refractivity contribution is 5.19. The van der Waals surface area contributed by atoms with Crippen LogP contribution in [0.4, 0.5) is 0 Å². The number of hydrogen-bond acceptors (Lipinski definition) is 4. The van der Waals surface area contributed by atoms with Crippen molar-refractivity contribution < 1.29 is 9.15 Å². The molecule has 0 unspecified atom stereocenters. The minimum Gasteiger partial charge on any atom is -0.462 e. The van der Waals surface area contributed by atoms with Crippen LogP contribution in [-0.2, 0) is 17.9 Å². The van der Waals surface area contributed by atoms with Crippen molar-refractivity contribution in [1.29, 1.82) is 0 Å². The van der Waals surface area contributed by atoms with Gasteiger partial charge in [0.25, 0.3) is 0 Å². The van der Waals surface area contributed by atoms with Gasteiger partial charge < -0.3 is 19.4 Å². The van der Waals surface area contributed by atoms with Crippen molar-refractivity contribution in [2.24, 2.45) is 0 Å². The first kappa shape index (κ1) is 17.2. The summed E-state index contributed by atoms with van der Waals surface area (Å²) in [4.78, 5) is 2.16. The van der Waals surface area contributed by atoms with E-state index in [1.807, 2.05) is 0 Å². The molecule has 0 saturated heterocycles. The fourth-order valence-electron chi connectivity index (χ4n) is 1.84. The second-order valence-electron chi connectivity index (χ2n) is 6.63. The van der Waals surface area contributed by atoms with Gasteiger partial charge in [0.15, 0.2) is 0 Å². The molecule has 0 fully saturated rings. The van der Waals surface area contributed by atoms with Gasteiger partial charge in [-0.15, -0.1) is 0 Å². The second kappa shape index (κ2) is 7.81. The van der Waals surface area contributed by atoms with Gasteiger partial charge in [-0.05, 0) is 66.4 Å². The minimum atomic E-state index is 0.0993. The molecule has 0 aliphatic rings. The fraction of sp³-hybridized carbons (Fsp3) is 0.750. The molecule has 116 valence electrons. The van der Waals surface area contributed by atoms with E-state index >= 15 is 0 Å². The van der Waals surface area contributed by atoms with Crippen LogP contribution in [0.2, 0.25) is 0 Å². The normalized spacial score (nSPS) is 12.3. The van der Waals surface area contributed by atoms with Gasteiger partial charge in [0.2, 0.25) is 0 Å². The molecule has 1 aromatic rings. The Kier molecular flexibility index (Phi) is 6.72. The average Bonchev–Trinajstić information content (AvgIpc) is 2.65. The smallest absolute Gasteiger partial charge is 0.130 e. The molecule has 0 aliphatic heterocycles. The van der Waals surface area contributed by atoms with E-state index in [1.54, 1.807) is 0 Å². The highest BCUT2D eigenvalue weighted by Gasteiger charge is 2.12. The fourth-order valence-corrected chi connectivity index (χ4v) is 1.84. The lowest BCUT2D eigenvalue weighted by molar-refractivity contribution is 0.0983. The molecule has 1 heterocycles. The molecule has 4 heteroatoms. The monoisotopic (exact) mass is 282 g/mol. The lowest BCUT2D eigenvalue weighted by Crippen LogP contribution is -2.35. The first-order valence-electron chi connectivity index (χ1n) is 7.33. The molecule has 0 radical (unpaired) electrons. The Morgan fingerprint density at radius 2 is 2.00 bits per heavy atom. The van der Waals surface area contributed by atoms with Crippen LogP contribution < -0.4 is 5.32 Å². The molecule has 1 aromatic heterocycles. The molecule has 0 bridgehead atoms. The van der Waals surface area contributed by atoms with Crippen molar-refractivity contribution in [1.82, 2.24) is 10.2 Å². The molecule has 0 atom stereocenters. The zero-order valence-corrected chi connectivity index (χ0v) is 13.9. The predicted octanol–water partition coefficient (Wildman–Crippen LogP) is 2.94. The third-order valence-electron chi connectivity index (χ3n) is 2.99. The van der Waals surface area contributed by atoms with Gasteiger partial charge in [-0.2, -0.15) is 0 Å². The standard InChI is InChI=1S/C16H30N2O2/c1-13-10-14(12-19-9-7-8-18(5)6)20-15(13)11-17-16(2,3)4/h10,17H,7-9,11-12H2,1-6H3. The van der Waals surface area contributed by atoms with Gasteiger partial charge in [0, 0.05) is 12.1 Å². The summed E-state index contributed by atoms with van der Waals surface area (Å²) in [5.74, 6) is 1.92. The SMILES string of the molecule is Cc1cc(COCCCN(C)C)oc1CNC(C)(C)C. The first-order valence-corrected chi connectivity index (χ1v) is 7.33. The van der Waals surface area contributed by atoms with Crippen LogP contribution in [-0.4, -0.2) is 37.7 Å². The van der Waals surface area contributed by atoms with E-state index in [2.05, 4.69) is 58.1 Å². The van der Waals surface area contributed by atoms with Crippen LogP contribution >= 0.6 is 0 Å². The van der Waals surface area contributed by atoms with Crippen molar-refractivity contribution in [2.75, 3.05) is 27.2 Å². The van der Waals surface area contributed by atoms with E-state index in [-0.39, 0.29) is 5.54 Å². The van der Waals surface area contributed by atoms with E-state index in [9.17, 15) is 0 Å². The number of hydrogen-bond donors (Lipinski definition) is 1. The second-order valence-corrected chi connectivity index (χ2v) is 6.63. The molecule has 20 heavy (non-hydrogen) atoms. The molecular formula is C16H30N2O2. The summed E-state index contributed by atoms with van der Waals surface area (Å²) in [7, 11) is 4.15. The van der Waals surface area contributed by atoms with Crippen molar-refractivity contribution in [3.63, 3.8) is 0 Å². The number of nitrogens with one attached hydrogen (secondary N) is 1. The van der Waals surface area contributed by atoms with E-state index in [1.165, 1.54) is 5.56 Å². The molecule has 0 aromatic carbocycles. The molecule has 1 N–H and O–H groups in total. The van der Waals surface area contributed by atoms with Crippen LogP contribution in [0.3, 0.4) is 0 Å². The highest BCUT2D eigenvalue weighted by atomic mass is 16.5. The Labute approximate surface area is 123 Å². The maximum Gasteiger partial charge on any atom is 0.130 e. The summed E-state index contributed by atoms with van der Waals surface area (Å²) in [6, 6.07) is 2.08. The van der Waals surface area contributed by atoms with Gasteiger partial charge in [0.05, 0.1) is 6.54 Å². The Morgan fingerprint density at radius 3 is 2.60 bits per heavy atom. The van der Waals surface area contributed by atoms with E-state index in [0.29, 0.717) is 6.61 Å². The lowest BCUT2D eigenvalue weighted by atomic mass is 10.1. The maximum atomic E-state index is 5.84. The average molecular weight is 282 g/mol. The van der Waals surface area contributed by atoms with Crippen LogP contribution in [0, 0.1) is 6.92 Å². The van der Waals surface area contributed by atoms with E-state index in [4.69, 9.17) is 9.15 Å². The molecule has 4 nitrogen and oxygen atoms in total.